The first-order valence-corrected chi connectivity index (χ1v) is 7.12. The molecule has 0 atom stereocenters. The summed E-state index contributed by atoms with van der Waals surface area (Å²) >= 11 is 11.6. The number of halogens is 2. The first-order chi connectivity index (χ1) is 8.50. The van der Waals surface area contributed by atoms with E-state index >= 15 is 0 Å². The van der Waals surface area contributed by atoms with E-state index in [1.165, 1.54) is 24.4 Å². The SMILES string of the molecule is O=S(=O)(Nc1cccnc1Cl)c1ccccc1Cl. The number of hydrogen-bond acceptors (Lipinski definition) is 3. The third-order valence-corrected chi connectivity index (χ3v) is 4.30. The minimum absolute atomic E-state index is 0.00779. The lowest BCUT2D eigenvalue weighted by atomic mass is 10.4. The zero-order valence-corrected chi connectivity index (χ0v) is 11.3. The molecule has 0 saturated heterocycles. The van der Waals surface area contributed by atoms with Gasteiger partial charge in [0.25, 0.3) is 10.0 Å². The Morgan fingerprint density at radius 3 is 2.44 bits per heavy atom. The first-order valence-electron chi connectivity index (χ1n) is 4.88. The minimum atomic E-state index is -3.77. The molecule has 7 heteroatoms. The van der Waals surface area contributed by atoms with Crippen molar-refractivity contribution in [3.8, 4) is 0 Å². The molecule has 0 spiro atoms. The molecule has 0 aliphatic rings. The summed E-state index contributed by atoms with van der Waals surface area (Å²) in [7, 11) is -3.77. The van der Waals surface area contributed by atoms with E-state index in [0.717, 1.165) is 0 Å². The number of benzene rings is 1. The van der Waals surface area contributed by atoms with Gasteiger partial charge in [-0.05, 0) is 24.3 Å². The van der Waals surface area contributed by atoms with Crippen LogP contribution in [-0.4, -0.2) is 13.4 Å². The molecular formula is C11H8Cl2N2O2S. The highest BCUT2D eigenvalue weighted by Gasteiger charge is 2.18. The van der Waals surface area contributed by atoms with Crippen LogP contribution >= 0.6 is 23.2 Å². The number of pyridine rings is 1. The van der Waals surface area contributed by atoms with Crippen LogP contribution in [0.2, 0.25) is 10.2 Å². The van der Waals surface area contributed by atoms with E-state index in [2.05, 4.69) is 9.71 Å². The van der Waals surface area contributed by atoms with Crippen LogP contribution in [0.3, 0.4) is 0 Å². The molecule has 0 aliphatic carbocycles. The zero-order chi connectivity index (χ0) is 13.2. The molecule has 0 bridgehead atoms. The lowest BCUT2D eigenvalue weighted by Gasteiger charge is -2.09. The number of anilines is 1. The predicted molar refractivity (Wildman–Crippen MR) is 71.5 cm³/mol. The molecule has 0 radical (unpaired) electrons. The van der Waals surface area contributed by atoms with Crippen molar-refractivity contribution in [2.45, 2.75) is 4.90 Å². The van der Waals surface area contributed by atoms with Gasteiger partial charge >= 0.3 is 0 Å². The van der Waals surface area contributed by atoms with Crippen molar-refractivity contribution < 1.29 is 8.42 Å². The summed E-state index contributed by atoms with van der Waals surface area (Å²) in [5.74, 6) is 0. The number of nitrogens with one attached hydrogen (secondary N) is 1. The van der Waals surface area contributed by atoms with Crippen molar-refractivity contribution in [1.29, 1.82) is 0 Å². The fraction of sp³-hybridized carbons (Fsp3) is 0. The summed E-state index contributed by atoms with van der Waals surface area (Å²) < 4.78 is 26.5. The summed E-state index contributed by atoms with van der Waals surface area (Å²) in [5, 5.41) is 0.221. The van der Waals surface area contributed by atoms with Crippen molar-refractivity contribution in [3.63, 3.8) is 0 Å². The molecule has 0 unspecified atom stereocenters. The van der Waals surface area contributed by atoms with Crippen LogP contribution in [0.15, 0.2) is 47.5 Å². The number of nitrogens with zero attached hydrogens (tertiary/aromatic N) is 1. The zero-order valence-electron chi connectivity index (χ0n) is 8.97. The fourth-order valence-corrected chi connectivity index (χ4v) is 3.13. The Balaban J connectivity index is 2.40. The second kappa shape index (κ2) is 5.14. The van der Waals surface area contributed by atoms with Crippen LogP contribution in [-0.2, 0) is 10.0 Å². The molecule has 2 rings (SSSR count). The van der Waals surface area contributed by atoms with Gasteiger partial charge in [-0.3, -0.25) is 4.72 Å². The Kier molecular flexibility index (Phi) is 3.75. The summed E-state index contributed by atoms with van der Waals surface area (Å²) in [5.41, 5.74) is 0.207. The van der Waals surface area contributed by atoms with E-state index in [0.29, 0.717) is 0 Å². The summed E-state index contributed by atoms with van der Waals surface area (Å²) in [6.07, 6.45) is 1.47. The van der Waals surface area contributed by atoms with Crippen LogP contribution in [0.4, 0.5) is 5.69 Å². The Morgan fingerprint density at radius 2 is 1.78 bits per heavy atom. The van der Waals surface area contributed by atoms with Crippen LogP contribution in [0.1, 0.15) is 0 Å². The fourth-order valence-electron chi connectivity index (χ4n) is 1.32. The topological polar surface area (TPSA) is 59.1 Å². The molecule has 1 heterocycles. The van der Waals surface area contributed by atoms with Gasteiger partial charge in [0.15, 0.2) is 5.15 Å². The Hall–Kier alpha value is -1.30. The van der Waals surface area contributed by atoms with Crippen molar-refractivity contribution in [1.82, 2.24) is 4.98 Å². The van der Waals surface area contributed by atoms with E-state index in [9.17, 15) is 8.42 Å². The predicted octanol–water partition coefficient (Wildman–Crippen LogP) is 3.19. The summed E-state index contributed by atoms with van der Waals surface area (Å²) in [6, 6.07) is 9.25. The number of aromatic nitrogens is 1. The first kappa shape index (κ1) is 13.1. The number of rotatable bonds is 3. The van der Waals surface area contributed by atoms with Crippen molar-refractivity contribution in [3.05, 3.63) is 52.8 Å². The van der Waals surface area contributed by atoms with Gasteiger partial charge in [-0.25, -0.2) is 13.4 Å². The van der Waals surface area contributed by atoms with E-state index in [1.807, 2.05) is 0 Å². The largest absolute Gasteiger partial charge is 0.276 e. The molecule has 4 nitrogen and oxygen atoms in total. The molecule has 0 amide bonds. The smallest absolute Gasteiger partial charge is 0.263 e. The van der Waals surface area contributed by atoms with Crippen molar-refractivity contribution >= 4 is 38.9 Å². The second-order valence-electron chi connectivity index (χ2n) is 3.38. The summed E-state index contributed by atoms with van der Waals surface area (Å²) in [4.78, 5) is 3.78. The average Bonchev–Trinajstić information content (AvgIpc) is 2.32. The van der Waals surface area contributed by atoms with E-state index in [-0.39, 0.29) is 20.8 Å². The molecule has 1 aromatic carbocycles. The highest BCUT2D eigenvalue weighted by atomic mass is 35.5. The monoisotopic (exact) mass is 302 g/mol. The average molecular weight is 303 g/mol. The van der Waals surface area contributed by atoms with Crippen molar-refractivity contribution in [2.75, 3.05) is 4.72 Å². The highest BCUT2D eigenvalue weighted by Crippen LogP contribution is 2.25. The number of hydrogen-bond donors (Lipinski definition) is 1. The molecule has 0 fully saturated rings. The highest BCUT2D eigenvalue weighted by molar-refractivity contribution is 7.92. The maximum atomic E-state index is 12.1. The molecule has 0 aliphatic heterocycles. The second-order valence-corrected chi connectivity index (χ2v) is 5.79. The maximum absolute atomic E-state index is 12.1. The van der Waals surface area contributed by atoms with Gasteiger partial charge in [0.05, 0.1) is 10.7 Å². The molecular weight excluding hydrogens is 295 g/mol. The van der Waals surface area contributed by atoms with Crippen molar-refractivity contribution in [2.24, 2.45) is 0 Å². The maximum Gasteiger partial charge on any atom is 0.263 e. The molecule has 1 aromatic heterocycles. The van der Waals surface area contributed by atoms with Gasteiger partial charge in [-0.2, -0.15) is 0 Å². The third kappa shape index (κ3) is 2.75. The van der Waals surface area contributed by atoms with Gasteiger partial charge in [0.1, 0.15) is 4.90 Å². The molecule has 2 aromatic rings. The van der Waals surface area contributed by atoms with Gasteiger partial charge in [0, 0.05) is 6.20 Å². The lowest BCUT2D eigenvalue weighted by molar-refractivity contribution is 0.601. The van der Waals surface area contributed by atoms with Gasteiger partial charge < -0.3 is 0 Å². The van der Waals surface area contributed by atoms with Gasteiger partial charge in [-0.1, -0.05) is 35.3 Å². The van der Waals surface area contributed by atoms with Crippen LogP contribution in [0.25, 0.3) is 0 Å². The quantitative estimate of drug-likeness (QED) is 0.886. The van der Waals surface area contributed by atoms with E-state index in [1.54, 1.807) is 18.2 Å². The Morgan fingerprint density at radius 1 is 1.06 bits per heavy atom. The minimum Gasteiger partial charge on any atom is -0.276 e. The van der Waals surface area contributed by atoms with E-state index < -0.39 is 10.0 Å². The van der Waals surface area contributed by atoms with Gasteiger partial charge in [0.2, 0.25) is 0 Å². The molecule has 18 heavy (non-hydrogen) atoms. The van der Waals surface area contributed by atoms with E-state index in [4.69, 9.17) is 23.2 Å². The lowest BCUT2D eigenvalue weighted by Crippen LogP contribution is -2.13. The van der Waals surface area contributed by atoms with Crippen LogP contribution in [0, 0.1) is 0 Å². The Bertz CT molecular complexity index is 674. The molecule has 1 N–H and O–H groups in total. The summed E-state index contributed by atoms with van der Waals surface area (Å²) in [6.45, 7) is 0. The van der Waals surface area contributed by atoms with Crippen LogP contribution in [0.5, 0.6) is 0 Å². The Labute approximate surface area is 115 Å². The molecule has 0 saturated carbocycles. The standard InChI is InChI=1S/C11H8Cl2N2O2S/c12-8-4-1-2-6-10(8)18(16,17)15-9-5-3-7-14-11(9)13/h1-7,15H. The normalized spacial score (nSPS) is 11.2. The van der Waals surface area contributed by atoms with Gasteiger partial charge in [-0.15, -0.1) is 0 Å². The number of sulfonamides is 1. The third-order valence-electron chi connectivity index (χ3n) is 2.13. The molecule has 94 valence electrons. The van der Waals surface area contributed by atoms with Crippen LogP contribution < -0.4 is 4.72 Å².